The van der Waals surface area contributed by atoms with Crippen LogP contribution in [0.1, 0.15) is 12.0 Å². The molecule has 2 rings (SSSR count). The highest BCUT2D eigenvalue weighted by atomic mass is 32.2. The van der Waals surface area contributed by atoms with Crippen LogP contribution in [0.5, 0.6) is 0 Å². The summed E-state index contributed by atoms with van der Waals surface area (Å²) < 4.78 is 0. The second-order valence-corrected chi connectivity index (χ2v) is 5.79. The van der Waals surface area contributed by atoms with Gasteiger partial charge in [0.1, 0.15) is 5.25 Å². The zero-order valence-electron chi connectivity index (χ0n) is 11.8. The molecule has 2 N–H and O–H groups in total. The molecule has 0 aliphatic carbocycles. The van der Waals surface area contributed by atoms with Crippen molar-refractivity contribution in [3.05, 3.63) is 42.5 Å². The quantitative estimate of drug-likeness (QED) is 0.818. The second kappa shape index (κ2) is 7.08. The summed E-state index contributed by atoms with van der Waals surface area (Å²) in [6.45, 7) is 5.94. The fraction of sp³-hybridized carbons (Fsp3) is 0.267. The van der Waals surface area contributed by atoms with Crippen molar-refractivity contribution in [2.75, 3.05) is 11.9 Å². The highest BCUT2D eigenvalue weighted by molar-refractivity contribution is 8.15. The van der Waals surface area contributed by atoms with Crippen molar-refractivity contribution in [2.45, 2.75) is 18.6 Å². The lowest BCUT2D eigenvalue weighted by Gasteiger charge is -2.09. The van der Waals surface area contributed by atoms with Gasteiger partial charge in [0.25, 0.3) is 0 Å². The van der Waals surface area contributed by atoms with Gasteiger partial charge in [-0.25, -0.2) is 0 Å². The number of hydrogen-bond acceptors (Lipinski definition) is 4. The van der Waals surface area contributed by atoms with E-state index in [9.17, 15) is 9.59 Å². The number of para-hydroxylation sites is 1. The van der Waals surface area contributed by atoms with Gasteiger partial charge in [-0.15, -0.1) is 6.58 Å². The number of thioether (sulfide) groups is 1. The van der Waals surface area contributed by atoms with Crippen molar-refractivity contribution in [1.82, 2.24) is 5.32 Å². The van der Waals surface area contributed by atoms with Gasteiger partial charge in [-0.05, 0) is 18.6 Å². The van der Waals surface area contributed by atoms with Gasteiger partial charge in [0.2, 0.25) is 11.8 Å². The van der Waals surface area contributed by atoms with E-state index >= 15 is 0 Å². The molecule has 6 heteroatoms. The van der Waals surface area contributed by atoms with Crippen LogP contribution in [-0.2, 0) is 9.59 Å². The van der Waals surface area contributed by atoms with Gasteiger partial charge in [-0.1, -0.05) is 36.0 Å². The smallest absolute Gasteiger partial charge is 0.240 e. The average molecular weight is 303 g/mol. The normalized spacial score (nSPS) is 19.4. The van der Waals surface area contributed by atoms with Crippen LogP contribution in [0, 0.1) is 6.92 Å². The third-order valence-corrected chi connectivity index (χ3v) is 4.05. The van der Waals surface area contributed by atoms with Crippen molar-refractivity contribution in [1.29, 1.82) is 0 Å². The fourth-order valence-electron chi connectivity index (χ4n) is 1.85. The average Bonchev–Trinajstić information content (AvgIpc) is 2.79. The number of amidine groups is 1. The first-order chi connectivity index (χ1) is 10.1. The Hall–Kier alpha value is -2.08. The Kier molecular flexibility index (Phi) is 5.16. The lowest BCUT2D eigenvalue weighted by molar-refractivity contribution is -0.122. The van der Waals surface area contributed by atoms with Crippen LogP contribution in [0.15, 0.2) is 41.9 Å². The lowest BCUT2D eigenvalue weighted by Crippen LogP contribution is -2.28. The molecule has 1 aliphatic heterocycles. The van der Waals surface area contributed by atoms with Gasteiger partial charge in [0, 0.05) is 12.1 Å². The minimum Gasteiger partial charge on any atom is -0.326 e. The Balaban J connectivity index is 1.93. The lowest BCUT2D eigenvalue weighted by atomic mass is 10.2. The SMILES string of the molecule is C=CCN=C1NC(=O)[C@H](CC(=O)Nc2ccccc2C)S1. The maximum atomic E-state index is 12.0. The third-order valence-electron chi connectivity index (χ3n) is 2.93. The molecule has 0 bridgehead atoms. The van der Waals surface area contributed by atoms with E-state index in [4.69, 9.17) is 0 Å². The summed E-state index contributed by atoms with van der Waals surface area (Å²) in [7, 11) is 0. The summed E-state index contributed by atoms with van der Waals surface area (Å²) >= 11 is 1.28. The molecule has 1 aliphatic rings. The summed E-state index contributed by atoms with van der Waals surface area (Å²) in [6, 6.07) is 7.53. The molecule has 1 saturated heterocycles. The number of amides is 2. The molecule has 0 radical (unpaired) electrons. The predicted octanol–water partition coefficient (Wildman–Crippen LogP) is 2.10. The molecule has 1 aromatic rings. The molecule has 1 heterocycles. The molecule has 1 atom stereocenters. The number of rotatable bonds is 5. The Labute approximate surface area is 127 Å². The first-order valence-corrected chi connectivity index (χ1v) is 7.46. The van der Waals surface area contributed by atoms with E-state index in [2.05, 4.69) is 22.2 Å². The minimum atomic E-state index is -0.433. The van der Waals surface area contributed by atoms with E-state index in [1.165, 1.54) is 11.8 Å². The summed E-state index contributed by atoms with van der Waals surface area (Å²) in [6.07, 6.45) is 1.77. The largest absolute Gasteiger partial charge is 0.326 e. The van der Waals surface area contributed by atoms with Gasteiger partial charge in [0.15, 0.2) is 5.17 Å². The molecule has 2 amide bonds. The van der Waals surface area contributed by atoms with Crippen LogP contribution in [0.25, 0.3) is 0 Å². The molecule has 5 nitrogen and oxygen atoms in total. The van der Waals surface area contributed by atoms with Crippen molar-refractivity contribution >= 4 is 34.4 Å². The zero-order valence-corrected chi connectivity index (χ0v) is 12.6. The number of nitrogens with one attached hydrogen (secondary N) is 2. The fourth-order valence-corrected chi connectivity index (χ4v) is 2.82. The van der Waals surface area contributed by atoms with Crippen molar-refractivity contribution in [3.63, 3.8) is 0 Å². The van der Waals surface area contributed by atoms with E-state index in [-0.39, 0.29) is 18.2 Å². The van der Waals surface area contributed by atoms with Crippen molar-refractivity contribution in [3.8, 4) is 0 Å². The topological polar surface area (TPSA) is 70.6 Å². The van der Waals surface area contributed by atoms with E-state index in [0.717, 1.165) is 11.3 Å². The number of carbonyl (C=O) groups excluding carboxylic acids is 2. The molecule has 1 aromatic carbocycles. The number of nitrogens with zero attached hydrogens (tertiary/aromatic N) is 1. The van der Waals surface area contributed by atoms with E-state index in [0.29, 0.717) is 11.7 Å². The van der Waals surface area contributed by atoms with Crippen molar-refractivity contribution < 1.29 is 9.59 Å². The Bertz CT molecular complexity index is 598. The summed E-state index contributed by atoms with van der Waals surface area (Å²) in [5, 5.41) is 5.61. The molecular weight excluding hydrogens is 286 g/mol. The Morgan fingerprint density at radius 1 is 1.52 bits per heavy atom. The van der Waals surface area contributed by atoms with Crippen LogP contribution in [0.2, 0.25) is 0 Å². The monoisotopic (exact) mass is 303 g/mol. The molecular formula is C15H17N3O2S. The van der Waals surface area contributed by atoms with E-state index in [1.54, 1.807) is 6.08 Å². The van der Waals surface area contributed by atoms with Gasteiger partial charge in [-0.2, -0.15) is 0 Å². The predicted molar refractivity (Wildman–Crippen MR) is 86.4 cm³/mol. The molecule has 0 unspecified atom stereocenters. The number of anilines is 1. The first kappa shape index (κ1) is 15.3. The standard InChI is InChI=1S/C15H17N3O2S/c1-3-8-16-15-18-14(20)12(21-15)9-13(19)17-11-7-5-4-6-10(11)2/h3-7,12H,1,8-9H2,2H3,(H,17,19)(H,16,18,20)/t12-/m0/s1. The molecule has 0 spiro atoms. The molecule has 0 aromatic heterocycles. The third kappa shape index (κ3) is 4.19. The highest BCUT2D eigenvalue weighted by Gasteiger charge is 2.31. The van der Waals surface area contributed by atoms with Crippen LogP contribution in [-0.4, -0.2) is 28.8 Å². The van der Waals surface area contributed by atoms with E-state index in [1.807, 2.05) is 31.2 Å². The minimum absolute atomic E-state index is 0.123. The van der Waals surface area contributed by atoms with Gasteiger partial charge in [0.05, 0.1) is 6.54 Å². The maximum absolute atomic E-state index is 12.0. The summed E-state index contributed by atoms with van der Waals surface area (Å²) in [5.41, 5.74) is 1.76. The van der Waals surface area contributed by atoms with E-state index < -0.39 is 5.25 Å². The number of carbonyl (C=O) groups is 2. The molecule has 110 valence electrons. The van der Waals surface area contributed by atoms with Gasteiger partial charge in [-0.3, -0.25) is 14.6 Å². The van der Waals surface area contributed by atoms with Crippen LogP contribution in [0.3, 0.4) is 0 Å². The summed E-state index contributed by atoms with van der Waals surface area (Å²) in [4.78, 5) is 28.0. The summed E-state index contributed by atoms with van der Waals surface area (Å²) in [5.74, 6) is -0.357. The van der Waals surface area contributed by atoms with Gasteiger partial charge < -0.3 is 10.6 Å². The molecule has 0 saturated carbocycles. The Morgan fingerprint density at radius 2 is 2.29 bits per heavy atom. The maximum Gasteiger partial charge on any atom is 0.240 e. The first-order valence-electron chi connectivity index (χ1n) is 6.58. The Morgan fingerprint density at radius 3 is 3.00 bits per heavy atom. The molecule has 1 fully saturated rings. The highest BCUT2D eigenvalue weighted by Crippen LogP contribution is 2.23. The van der Waals surface area contributed by atoms with Gasteiger partial charge >= 0.3 is 0 Å². The second-order valence-electron chi connectivity index (χ2n) is 4.60. The number of aliphatic imine (C=N–C) groups is 1. The molecule has 21 heavy (non-hydrogen) atoms. The van der Waals surface area contributed by atoms with Crippen molar-refractivity contribution in [2.24, 2.45) is 4.99 Å². The zero-order chi connectivity index (χ0) is 15.2. The number of hydrogen-bond donors (Lipinski definition) is 2. The number of benzene rings is 1. The number of aryl methyl sites for hydroxylation is 1. The van der Waals surface area contributed by atoms with Crippen LogP contribution in [0.4, 0.5) is 5.69 Å². The van der Waals surface area contributed by atoms with Crippen LogP contribution < -0.4 is 10.6 Å². The van der Waals surface area contributed by atoms with Crippen LogP contribution >= 0.6 is 11.8 Å².